The molecule has 6 nitrogen and oxygen atoms in total. The van der Waals surface area contributed by atoms with Gasteiger partial charge in [-0.15, -0.1) is 5.10 Å². The third-order valence-electron chi connectivity index (χ3n) is 1.19. The highest BCUT2D eigenvalue weighted by Crippen LogP contribution is 2.01. The third-order valence-corrected chi connectivity index (χ3v) is 1.19. The van der Waals surface area contributed by atoms with Crippen LogP contribution in [0.4, 0.5) is 5.95 Å². The first-order valence-corrected chi connectivity index (χ1v) is 3.72. The highest BCUT2D eigenvalue weighted by molar-refractivity contribution is 5.88. The fourth-order valence-electron chi connectivity index (χ4n) is 0.761. The van der Waals surface area contributed by atoms with Crippen molar-refractivity contribution in [3.63, 3.8) is 0 Å². The van der Waals surface area contributed by atoms with Crippen LogP contribution in [0, 0.1) is 5.92 Å². The van der Waals surface area contributed by atoms with Crippen molar-refractivity contribution >= 4 is 11.9 Å². The van der Waals surface area contributed by atoms with Gasteiger partial charge < -0.3 is 0 Å². The van der Waals surface area contributed by atoms with E-state index in [1.165, 1.54) is 0 Å². The van der Waals surface area contributed by atoms with Crippen molar-refractivity contribution in [1.82, 2.24) is 20.6 Å². The Bertz CT molecular complexity index is 242. The lowest BCUT2D eigenvalue weighted by Gasteiger charge is -2.01. The summed E-state index contributed by atoms with van der Waals surface area (Å²) in [6.45, 7) is 3.94. The van der Waals surface area contributed by atoms with Gasteiger partial charge in [0.25, 0.3) is 5.95 Å². The molecule has 0 aliphatic heterocycles. The lowest BCUT2D eigenvalue weighted by molar-refractivity contribution is -0.116. The fourth-order valence-corrected chi connectivity index (χ4v) is 0.761. The molecule has 0 radical (unpaired) electrons. The maximum atomic E-state index is 11.1. The Kier molecular flexibility index (Phi) is 2.73. The molecule has 1 amide bonds. The molecule has 1 heterocycles. The number of amides is 1. The number of aromatic amines is 1. The number of carbonyl (C=O) groups excluding carboxylic acids is 1. The molecule has 0 aliphatic rings. The molecule has 66 valence electrons. The molecule has 0 aliphatic carbocycles. The summed E-state index contributed by atoms with van der Waals surface area (Å²) in [7, 11) is 0. The smallest absolute Gasteiger partial charge is 0.269 e. The summed E-state index contributed by atoms with van der Waals surface area (Å²) in [5.74, 6) is 0.462. The standard InChI is InChI=1S/C6H11N5O/c1-4(2)3-5(12)7-6-8-10-11-9-6/h4H,3H2,1-2H3,(H2,7,8,9,10,11,12). The van der Waals surface area contributed by atoms with Gasteiger partial charge in [-0.2, -0.15) is 5.21 Å². The first-order chi connectivity index (χ1) is 5.68. The molecule has 0 fully saturated rings. The van der Waals surface area contributed by atoms with Crippen LogP contribution < -0.4 is 5.32 Å². The van der Waals surface area contributed by atoms with E-state index in [0.717, 1.165) is 0 Å². The molecule has 0 saturated heterocycles. The lowest BCUT2D eigenvalue weighted by atomic mass is 10.1. The van der Waals surface area contributed by atoms with Gasteiger partial charge in [0.05, 0.1) is 0 Å². The molecule has 0 bridgehead atoms. The topological polar surface area (TPSA) is 83.6 Å². The Morgan fingerprint density at radius 1 is 1.67 bits per heavy atom. The van der Waals surface area contributed by atoms with Crippen LogP contribution in [-0.4, -0.2) is 26.5 Å². The second kappa shape index (κ2) is 3.80. The van der Waals surface area contributed by atoms with Crippen LogP contribution in [0.3, 0.4) is 0 Å². The highest BCUT2D eigenvalue weighted by atomic mass is 16.1. The van der Waals surface area contributed by atoms with E-state index >= 15 is 0 Å². The van der Waals surface area contributed by atoms with Crippen LogP contribution in [-0.2, 0) is 4.79 Å². The molecule has 12 heavy (non-hydrogen) atoms. The molecule has 0 spiro atoms. The van der Waals surface area contributed by atoms with E-state index in [0.29, 0.717) is 12.3 Å². The summed E-state index contributed by atoms with van der Waals surface area (Å²) < 4.78 is 0. The van der Waals surface area contributed by atoms with Crippen LogP contribution in [0.15, 0.2) is 0 Å². The zero-order valence-electron chi connectivity index (χ0n) is 7.03. The summed E-state index contributed by atoms with van der Waals surface area (Å²) in [4.78, 5) is 11.1. The van der Waals surface area contributed by atoms with E-state index in [1.54, 1.807) is 0 Å². The van der Waals surface area contributed by atoms with Gasteiger partial charge in [0, 0.05) is 6.42 Å². The number of nitrogens with zero attached hydrogens (tertiary/aromatic N) is 3. The molecule has 0 atom stereocenters. The zero-order valence-corrected chi connectivity index (χ0v) is 7.03. The van der Waals surface area contributed by atoms with Crippen molar-refractivity contribution in [3.8, 4) is 0 Å². The van der Waals surface area contributed by atoms with Crippen molar-refractivity contribution in [3.05, 3.63) is 0 Å². The molecule has 1 aromatic heterocycles. The third kappa shape index (κ3) is 2.65. The van der Waals surface area contributed by atoms with Gasteiger partial charge in [0.1, 0.15) is 0 Å². The molecule has 1 aromatic rings. The molecule has 0 aromatic carbocycles. The van der Waals surface area contributed by atoms with Crippen LogP contribution in [0.5, 0.6) is 0 Å². The summed E-state index contributed by atoms with van der Waals surface area (Å²) in [5.41, 5.74) is 0. The predicted octanol–water partition coefficient (Wildman–Crippen LogP) is 0.184. The maximum Gasteiger partial charge on any atom is 0.269 e. The number of tetrazole rings is 1. The molecule has 0 saturated carbocycles. The SMILES string of the molecule is CC(C)CC(=O)Nc1nn[nH]n1. The molecule has 0 unspecified atom stereocenters. The predicted molar refractivity (Wildman–Crippen MR) is 42.3 cm³/mol. The van der Waals surface area contributed by atoms with E-state index in [4.69, 9.17) is 0 Å². The quantitative estimate of drug-likeness (QED) is 0.676. The largest absolute Gasteiger partial charge is 0.292 e. The van der Waals surface area contributed by atoms with Gasteiger partial charge in [-0.3, -0.25) is 10.1 Å². The minimum Gasteiger partial charge on any atom is -0.292 e. The summed E-state index contributed by atoms with van der Waals surface area (Å²) in [6, 6.07) is 0. The minimum atomic E-state index is -0.0913. The average molecular weight is 169 g/mol. The number of rotatable bonds is 3. The molecule has 1 rings (SSSR count). The van der Waals surface area contributed by atoms with Crippen LogP contribution in [0.1, 0.15) is 20.3 Å². The number of aromatic nitrogens is 4. The molecule has 2 N–H and O–H groups in total. The number of hydrogen-bond donors (Lipinski definition) is 2. The average Bonchev–Trinajstić information content (AvgIpc) is 2.37. The maximum absolute atomic E-state index is 11.1. The van der Waals surface area contributed by atoms with Gasteiger partial charge in [-0.1, -0.05) is 18.9 Å². The molecular weight excluding hydrogens is 158 g/mol. The van der Waals surface area contributed by atoms with Crippen LogP contribution >= 0.6 is 0 Å². The van der Waals surface area contributed by atoms with Gasteiger partial charge in [-0.25, -0.2) is 0 Å². The van der Waals surface area contributed by atoms with Crippen LogP contribution in [0.2, 0.25) is 0 Å². The van der Waals surface area contributed by atoms with Gasteiger partial charge in [0.15, 0.2) is 0 Å². The highest BCUT2D eigenvalue weighted by Gasteiger charge is 2.06. The van der Waals surface area contributed by atoms with E-state index < -0.39 is 0 Å². The van der Waals surface area contributed by atoms with Crippen molar-refractivity contribution in [2.45, 2.75) is 20.3 Å². The van der Waals surface area contributed by atoms with Crippen molar-refractivity contribution < 1.29 is 4.79 Å². The Balaban J connectivity index is 2.37. The van der Waals surface area contributed by atoms with E-state index in [9.17, 15) is 4.79 Å². The monoisotopic (exact) mass is 169 g/mol. The summed E-state index contributed by atoms with van der Waals surface area (Å²) in [6.07, 6.45) is 0.467. The Morgan fingerprint density at radius 2 is 2.42 bits per heavy atom. The number of carbonyl (C=O) groups is 1. The van der Waals surface area contributed by atoms with E-state index in [2.05, 4.69) is 25.9 Å². The number of nitrogens with one attached hydrogen (secondary N) is 2. The second-order valence-electron chi connectivity index (χ2n) is 2.88. The summed E-state index contributed by atoms with van der Waals surface area (Å²) in [5, 5.41) is 15.2. The van der Waals surface area contributed by atoms with Crippen molar-refractivity contribution in [2.24, 2.45) is 5.92 Å². The fraction of sp³-hybridized carbons (Fsp3) is 0.667. The Hall–Kier alpha value is -1.46. The van der Waals surface area contributed by atoms with Gasteiger partial charge in [0.2, 0.25) is 5.91 Å². The van der Waals surface area contributed by atoms with Crippen molar-refractivity contribution in [1.29, 1.82) is 0 Å². The van der Waals surface area contributed by atoms with E-state index in [-0.39, 0.29) is 11.9 Å². The van der Waals surface area contributed by atoms with Crippen LogP contribution in [0.25, 0.3) is 0 Å². The minimum absolute atomic E-state index is 0.0913. The molecule has 6 heteroatoms. The zero-order chi connectivity index (χ0) is 8.97. The first-order valence-electron chi connectivity index (χ1n) is 3.72. The Morgan fingerprint density at radius 3 is 2.92 bits per heavy atom. The number of H-pyrrole nitrogens is 1. The number of anilines is 1. The normalized spacial score (nSPS) is 10.2. The van der Waals surface area contributed by atoms with Gasteiger partial charge >= 0.3 is 0 Å². The lowest BCUT2D eigenvalue weighted by Crippen LogP contribution is -2.14. The number of hydrogen-bond acceptors (Lipinski definition) is 4. The van der Waals surface area contributed by atoms with Gasteiger partial charge in [-0.05, 0) is 11.1 Å². The summed E-state index contributed by atoms with van der Waals surface area (Å²) >= 11 is 0. The van der Waals surface area contributed by atoms with Crippen molar-refractivity contribution in [2.75, 3.05) is 5.32 Å². The molecular formula is C6H11N5O. The second-order valence-corrected chi connectivity index (χ2v) is 2.88. The van der Waals surface area contributed by atoms with E-state index in [1.807, 2.05) is 13.8 Å². The first kappa shape index (κ1) is 8.63. The Labute approximate surface area is 69.7 Å².